The third kappa shape index (κ3) is 0.864. The molecule has 0 saturated heterocycles. The lowest BCUT2D eigenvalue weighted by Gasteiger charge is -2.50. The average Bonchev–Trinajstić information content (AvgIpc) is 2.27. The normalized spacial score (nSPS) is 55.0. The molecule has 2 aliphatic rings. The van der Waals surface area contributed by atoms with E-state index in [1.165, 1.54) is 6.42 Å². The van der Waals surface area contributed by atoms with Crippen molar-refractivity contribution in [2.75, 3.05) is 0 Å². The van der Waals surface area contributed by atoms with Crippen molar-refractivity contribution in [1.29, 1.82) is 0 Å². The molecule has 2 fully saturated rings. The minimum Gasteiger partial charge on any atom is -0.385 e. The van der Waals surface area contributed by atoms with Crippen LogP contribution in [0.25, 0.3) is 0 Å². The van der Waals surface area contributed by atoms with E-state index in [1.54, 1.807) is 6.08 Å². The van der Waals surface area contributed by atoms with E-state index in [-0.39, 0.29) is 10.8 Å². The van der Waals surface area contributed by atoms with Gasteiger partial charge in [0.15, 0.2) is 0 Å². The van der Waals surface area contributed by atoms with E-state index in [0.29, 0.717) is 0 Å². The molecule has 2 rings (SSSR count). The highest BCUT2D eigenvalue weighted by Gasteiger charge is 2.62. The molecule has 0 aromatic carbocycles. The fourth-order valence-electron chi connectivity index (χ4n) is 3.65. The molecule has 0 amide bonds. The van der Waals surface area contributed by atoms with Crippen molar-refractivity contribution in [2.24, 2.45) is 10.8 Å². The summed E-state index contributed by atoms with van der Waals surface area (Å²) in [6.07, 6.45) is 7.70. The molecular weight excluding hydrogens is 160 g/mol. The van der Waals surface area contributed by atoms with Crippen molar-refractivity contribution in [2.45, 2.75) is 51.6 Å². The standard InChI is InChI=1S/C12H20O/c1-4-12(13)10(2)6-5-7-11(12,3)9-8-10/h4,13H,1,5-9H2,2-3H3. The molecule has 1 N–H and O–H groups in total. The third-order valence-corrected chi connectivity index (χ3v) is 4.82. The zero-order valence-electron chi connectivity index (χ0n) is 8.77. The topological polar surface area (TPSA) is 20.2 Å². The van der Waals surface area contributed by atoms with Gasteiger partial charge in [-0.25, -0.2) is 0 Å². The zero-order chi connectivity index (χ0) is 9.74. The van der Waals surface area contributed by atoms with Crippen molar-refractivity contribution in [3.05, 3.63) is 12.7 Å². The summed E-state index contributed by atoms with van der Waals surface area (Å²) in [5.74, 6) is 0. The lowest BCUT2D eigenvalue weighted by Crippen LogP contribution is -2.52. The quantitative estimate of drug-likeness (QED) is 0.615. The number of hydrogen-bond acceptors (Lipinski definition) is 1. The minimum atomic E-state index is -0.613. The van der Waals surface area contributed by atoms with Gasteiger partial charge in [0.05, 0.1) is 5.60 Å². The van der Waals surface area contributed by atoms with Crippen LogP contribution in [0.15, 0.2) is 12.7 Å². The molecule has 2 aliphatic carbocycles. The lowest BCUT2D eigenvalue weighted by molar-refractivity contribution is -0.110. The van der Waals surface area contributed by atoms with Gasteiger partial charge in [-0.3, -0.25) is 0 Å². The van der Waals surface area contributed by atoms with Crippen LogP contribution in [-0.2, 0) is 0 Å². The highest BCUT2D eigenvalue weighted by Crippen LogP contribution is 2.64. The predicted molar refractivity (Wildman–Crippen MR) is 54.4 cm³/mol. The first-order chi connectivity index (χ1) is 5.97. The van der Waals surface area contributed by atoms with Crippen LogP contribution in [0.5, 0.6) is 0 Å². The first-order valence-corrected chi connectivity index (χ1v) is 5.33. The van der Waals surface area contributed by atoms with Gasteiger partial charge in [-0.2, -0.15) is 0 Å². The van der Waals surface area contributed by atoms with Crippen LogP contribution in [-0.4, -0.2) is 10.7 Å². The molecule has 2 atom stereocenters. The third-order valence-electron chi connectivity index (χ3n) is 4.82. The molecule has 0 radical (unpaired) electrons. The van der Waals surface area contributed by atoms with Crippen LogP contribution < -0.4 is 0 Å². The maximum Gasteiger partial charge on any atom is 0.0931 e. The molecule has 1 heteroatoms. The minimum absolute atomic E-state index is 0.0990. The van der Waals surface area contributed by atoms with E-state index in [2.05, 4.69) is 20.4 Å². The second-order valence-corrected chi connectivity index (χ2v) is 5.45. The van der Waals surface area contributed by atoms with Crippen molar-refractivity contribution in [1.82, 2.24) is 0 Å². The fourth-order valence-corrected chi connectivity index (χ4v) is 3.65. The molecule has 2 saturated carbocycles. The number of aliphatic hydroxyl groups is 1. The Morgan fingerprint density at radius 1 is 1.08 bits per heavy atom. The summed E-state index contributed by atoms with van der Waals surface area (Å²) in [4.78, 5) is 0. The summed E-state index contributed by atoms with van der Waals surface area (Å²) in [5, 5.41) is 10.7. The Hall–Kier alpha value is -0.300. The van der Waals surface area contributed by atoms with E-state index in [0.717, 1.165) is 25.7 Å². The second-order valence-electron chi connectivity index (χ2n) is 5.45. The number of hydrogen-bond donors (Lipinski definition) is 1. The van der Waals surface area contributed by atoms with Crippen molar-refractivity contribution < 1.29 is 5.11 Å². The summed E-state index contributed by atoms with van der Waals surface area (Å²) < 4.78 is 0. The molecule has 2 unspecified atom stereocenters. The average molecular weight is 180 g/mol. The summed E-state index contributed by atoms with van der Waals surface area (Å²) in [6.45, 7) is 8.28. The van der Waals surface area contributed by atoms with Gasteiger partial charge in [-0.05, 0) is 25.7 Å². The van der Waals surface area contributed by atoms with E-state index in [1.807, 2.05) is 0 Å². The number of rotatable bonds is 1. The molecule has 0 aromatic rings. The summed E-state index contributed by atoms with van der Waals surface area (Å²) in [7, 11) is 0. The van der Waals surface area contributed by atoms with Gasteiger partial charge in [-0.1, -0.05) is 26.3 Å². The zero-order valence-corrected chi connectivity index (χ0v) is 8.77. The largest absolute Gasteiger partial charge is 0.385 e. The van der Waals surface area contributed by atoms with Gasteiger partial charge in [0.2, 0.25) is 0 Å². The van der Waals surface area contributed by atoms with Gasteiger partial charge in [0.1, 0.15) is 0 Å². The number of fused-ring (bicyclic) bond motifs is 2. The molecule has 74 valence electrons. The second kappa shape index (κ2) is 2.38. The van der Waals surface area contributed by atoms with Crippen LogP contribution in [0.3, 0.4) is 0 Å². The highest BCUT2D eigenvalue weighted by atomic mass is 16.3. The van der Waals surface area contributed by atoms with Crippen molar-refractivity contribution in [3.8, 4) is 0 Å². The maximum absolute atomic E-state index is 10.7. The Labute approximate surface area is 80.8 Å². The van der Waals surface area contributed by atoms with E-state index < -0.39 is 5.60 Å². The monoisotopic (exact) mass is 180 g/mol. The maximum atomic E-state index is 10.7. The lowest BCUT2D eigenvalue weighted by atomic mass is 9.59. The first kappa shape index (κ1) is 9.26. The van der Waals surface area contributed by atoms with E-state index in [9.17, 15) is 5.11 Å². The SMILES string of the molecule is C=CC1(O)C2(C)CCCC1(C)CC2. The molecule has 0 aliphatic heterocycles. The Bertz CT molecular complexity index is 228. The van der Waals surface area contributed by atoms with Gasteiger partial charge in [0.25, 0.3) is 0 Å². The molecule has 13 heavy (non-hydrogen) atoms. The smallest absolute Gasteiger partial charge is 0.0931 e. The Kier molecular flexibility index (Phi) is 1.70. The van der Waals surface area contributed by atoms with Gasteiger partial charge in [-0.15, -0.1) is 6.58 Å². The Balaban J connectivity index is 2.48. The van der Waals surface area contributed by atoms with Crippen molar-refractivity contribution in [3.63, 3.8) is 0 Å². The van der Waals surface area contributed by atoms with Crippen LogP contribution in [0.1, 0.15) is 46.0 Å². The predicted octanol–water partition coefficient (Wildman–Crippen LogP) is 2.89. The van der Waals surface area contributed by atoms with E-state index >= 15 is 0 Å². The summed E-state index contributed by atoms with van der Waals surface area (Å²) in [6, 6.07) is 0. The molecule has 0 heterocycles. The van der Waals surface area contributed by atoms with Crippen LogP contribution in [0, 0.1) is 10.8 Å². The Morgan fingerprint density at radius 3 is 1.85 bits per heavy atom. The van der Waals surface area contributed by atoms with Gasteiger partial charge < -0.3 is 5.11 Å². The molecule has 0 aromatic heterocycles. The summed E-state index contributed by atoms with van der Waals surface area (Å²) >= 11 is 0. The molecule has 2 bridgehead atoms. The molecular formula is C12H20O. The van der Waals surface area contributed by atoms with Crippen LogP contribution in [0.4, 0.5) is 0 Å². The highest BCUT2D eigenvalue weighted by molar-refractivity contribution is 5.21. The first-order valence-electron chi connectivity index (χ1n) is 5.33. The fraction of sp³-hybridized carbons (Fsp3) is 0.833. The summed E-state index contributed by atoms with van der Waals surface area (Å²) in [5.41, 5.74) is -0.415. The van der Waals surface area contributed by atoms with E-state index in [4.69, 9.17) is 0 Å². The van der Waals surface area contributed by atoms with Crippen LogP contribution in [0.2, 0.25) is 0 Å². The molecule has 0 spiro atoms. The van der Waals surface area contributed by atoms with Crippen molar-refractivity contribution >= 4 is 0 Å². The van der Waals surface area contributed by atoms with Crippen LogP contribution >= 0.6 is 0 Å². The Morgan fingerprint density at radius 2 is 1.54 bits per heavy atom. The van der Waals surface area contributed by atoms with Gasteiger partial charge >= 0.3 is 0 Å². The van der Waals surface area contributed by atoms with Gasteiger partial charge in [0, 0.05) is 10.8 Å². The molecule has 1 nitrogen and oxygen atoms in total.